The fourth-order valence-corrected chi connectivity index (χ4v) is 3.04. The molecule has 7 heteroatoms. The Labute approximate surface area is 157 Å². The van der Waals surface area contributed by atoms with Crippen LogP contribution in [0.25, 0.3) is 0 Å². The van der Waals surface area contributed by atoms with Gasteiger partial charge < -0.3 is 4.42 Å². The number of nitrogens with zero attached hydrogens (tertiary/aromatic N) is 2. The Morgan fingerprint density at radius 3 is 2.33 bits per heavy atom. The summed E-state index contributed by atoms with van der Waals surface area (Å²) in [6, 6.07) is 11.5. The van der Waals surface area contributed by atoms with Crippen molar-refractivity contribution in [1.29, 1.82) is 0 Å². The van der Waals surface area contributed by atoms with Crippen molar-refractivity contribution in [3.8, 4) is 0 Å². The van der Waals surface area contributed by atoms with E-state index < -0.39 is 11.8 Å². The van der Waals surface area contributed by atoms with Gasteiger partial charge in [0.25, 0.3) is 11.8 Å². The number of carbonyl (C=O) groups excluding carboxylic acids is 2. The summed E-state index contributed by atoms with van der Waals surface area (Å²) < 4.78 is 7.12. The molecular formula is C20H22N4O3. The van der Waals surface area contributed by atoms with Gasteiger partial charge in [0.05, 0.1) is 23.4 Å². The van der Waals surface area contributed by atoms with E-state index in [9.17, 15) is 9.59 Å². The Morgan fingerprint density at radius 1 is 1.04 bits per heavy atom. The minimum absolute atomic E-state index is 0.390. The lowest BCUT2D eigenvalue weighted by molar-refractivity contribution is 0.0845. The molecule has 140 valence electrons. The fraction of sp³-hybridized carbons (Fsp3) is 0.250. The summed E-state index contributed by atoms with van der Waals surface area (Å²) in [5.41, 5.74) is 8.16. The molecule has 0 radical (unpaired) electrons. The zero-order valence-corrected chi connectivity index (χ0v) is 15.8. The topological polar surface area (TPSA) is 89.2 Å². The molecular weight excluding hydrogens is 344 g/mol. The van der Waals surface area contributed by atoms with E-state index >= 15 is 0 Å². The lowest BCUT2D eigenvalue weighted by atomic mass is 10.2. The molecule has 0 saturated carbocycles. The molecule has 7 nitrogen and oxygen atoms in total. The van der Waals surface area contributed by atoms with Gasteiger partial charge >= 0.3 is 0 Å². The van der Waals surface area contributed by atoms with Crippen LogP contribution in [-0.2, 0) is 6.54 Å². The summed E-state index contributed by atoms with van der Waals surface area (Å²) >= 11 is 0. The number of aryl methyl sites for hydroxylation is 3. The number of hydrazine groups is 1. The molecule has 0 fully saturated rings. The molecule has 0 bridgehead atoms. The van der Waals surface area contributed by atoms with E-state index in [0.29, 0.717) is 34.9 Å². The first-order valence-electron chi connectivity index (χ1n) is 8.62. The summed E-state index contributed by atoms with van der Waals surface area (Å²) in [5, 5.41) is 4.46. The van der Waals surface area contributed by atoms with Gasteiger partial charge in [-0.2, -0.15) is 5.10 Å². The molecule has 3 aromatic rings. The SMILES string of the molecule is Cc1cc(C(=O)NNC(=O)c2c(C)nn(Cc3ccccc3)c2C)c(C)o1. The van der Waals surface area contributed by atoms with Gasteiger partial charge in [-0.25, -0.2) is 0 Å². The van der Waals surface area contributed by atoms with Crippen molar-refractivity contribution >= 4 is 11.8 Å². The van der Waals surface area contributed by atoms with Crippen LogP contribution in [0.15, 0.2) is 40.8 Å². The highest BCUT2D eigenvalue weighted by atomic mass is 16.3. The van der Waals surface area contributed by atoms with Gasteiger partial charge in [0.2, 0.25) is 0 Å². The number of carbonyl (C=O) groups is 2. The maximum Gasteiger partial charge on any atom is 0.273 e. The van der Waals surface area contributed by atoms with E-state index in [4.69, 9.17) is 4.42 Å². The van der Waals surface area contributed by atoms with Crippen LogP contribution in [-0.4, -0.2) is 21.6 Å². The first-order valence-corrected chi connectivity index (χ1v) is 8.62. The van der Waals surface area contributed by atoms with Gasteiger partial charge in [-0.3, -0.25) is 25.1 Å². The first kappa shape index (κ1) is 18.4. The van der Waals surface area contributed by atoms with Crippen molar-refractivity contribution in [2.24, 2.45) is 0 Å². The van der Waals surface area contributed by atoms with Crippen LogP contribution in [0.2, 0.25) is 0 Å². The quantitative estimate of drug-likeness (QED) is 0.695. The highest BCUT2D eigenvalue weighted by molar-refractivity contribution is 6.00. The fourth-order valence-electron chi connectivity index (χ4n) is 3.04. The molecule has 0 aliphatic carbocycles. The summed E-state index contributed by atoms with van der Waals surface area (Å²) in [4.78, 5) is 24.8. The Hall–Kier alpha value is -3.35. The van der Waals surface area contributed by atoms with Crippen LogP contribution in [0.5, 0.6) is 0 Å². The van der Waals surface area contributed by atoms with Crippen LogP contribution in [0, 0.1) is 27.7 Å². The molecule has 0 aliphatic rings. The normalized spacial score (nSPS) is 10.7. The average molecular weight is 366 g/mol. The lowest BCUT2D eigenvalue weighted by Gasteiger charge is -2.08. The zero-order valence-electron chi connectivity index (χ0n) is 15.8. The van der Waals surface area contributed by atoms with Crippen LogP contribution in [0.1, 0.15) is 49.2 Å². The van der Waals surface area contributed by atoms with Crippen molar-refractivity contribution < 1.29 is 14.0 Å². The molecule has 1 aromatic carbocycles. The average Bonchev–Trinajstić information content (AvgIpc) is 3.11. The van der Waals surface area contributed by atoms with Crippen LogP contribution in [0.4, 0.5) is 0 Å². The third-order valence-corrected chi connectivity index (χ3v) is 4.36. The number of hydrogen-bond donors (Lipinski definition) is 2. The number of nitrogens with one attached hydrogen (secondary N) is 2. The van der Waals surface area contributed by atoms with Crippen molar-refractivity contribution in [3.05, 3.63) is 76.0 Å². The monoisotopic (exact) mass is 366 g/mol. The number of amides is 2. The predicted octanol–water partition coefficient (Wildman–Crippen LogP) is 2.83. The summed E-state index contributed by atoms with van der Waals surface area (Å²) in [7, 11) is 0. The summed E-state index contributed by atoms with van der Waals surface area (Å²) in [5.74, 6) is 0.306. The molecule has 27 heavy (non-hydrogen) atoms. The number of hydrogen-bond acceptors (Lipinski definition) is 4. The van der Waals surface area contributed by atoms with Crippen molar-refractivity contribution in [1.82, 2.24) is 20.6 Å². The molecule has 2 heterocycles. The Kier molecular flexibility index (Phi) is 5.12. The molecule has 3 rings (SSSR count). The lowest BCUT2D eigenvalue weighted by Crippen LogP contribution is -2.42. The highest BCUT2D eigenvalue weighted by Gasteiger charge is 2.20. The second-order valence-electron chi connectivity index (χ2n) is 6.42. The minimum Gasteiger partial charge on any atom is -0.466 e. The molecule has 0 unspecified atom stereocenters. The van der Waals surface area contributed by atoms with E-state index in [1.165, 1.54) is 0 Å². The predicted molar refractivity (Wildman–Crippen MR) is 100 cm³/mol. The van der Waals surface area contributed by atoms with Gasteiger partial charge in [-0.05, 0) is 39.3 Å². The number of furan rings is 1. The van der Waals surface area contributed by atoms with Gasteiger partial charge in [-0.1, -0.05) is 30.3 Å². The molecule has 2 aromatic heterocycles. The van der Waals surface area contributed by atoms with Gasteiger partial charge in [0.1, 0.15) is 11.5 Å². The van der Waals surface area contributed by atoms with Crippen molar-refractivity contribution in [2.45, 2.75) is 34.2 Å². The molecule has 0 atom stereocenters. The van der Waals surface area contributed by atoms with E-state index in [0.717, 1.165) is 11.3 Å². The Bertz CT molecular complexity index is 986. The Balaban J connectivity index is 1.71. The third kappa shape index (κ3) is 3.92. The van der Waals surface area contributed by atoms with E-state index in [2.05, 4.69) is 16.0 Å². The maximum atomic E-state index is 12.6. The molecule has 0 aliphatic heterocycles. The standard InChI is InChI=1S/C20H22N4O3/c1-12-10-17(15(4)27-12)19(25)21-22-20(26)18-13(2)23-24(14(18)3)11-16-8-6-5-7-9-16/h5-10H,11H2,1-4H3,(H,21,25)(H,22,26). The smallest absolute Gasteiger partial charge is 0.273 e. The number of rotatable bonds is 4. The number of benzene rings is 1. The van der Waals surface area contributed by atoms with Crippen molar-refractivity contribution in [3.63, 3.8) is 0 Å². The zero-order chi connectivity index (χ0) is 19.6. The van der Waals surface area contributed by atoms with Crippen LogP contribution >= 0.6 is 0 Å². The van der Waals surface area contributed by atoms with Crippen molar-refractivity contribution in [2.75, 3.05) is 0 Å². The van der Waals surface area contributed by atoms with Crippen LogP contribution < -0.4 is 10.9 Å². The summed E-state index contributed by atoms with van der Waals surface area (Å²) in [6.07, 6.45) is 0. The van der Waals surface area contributed by atoms with Crippen LogP contribution in [0.3, 0.4) is 0 Å². The largest absolute Gasteiger partial charge is 0.466 e. The van der Waals surface area contributed by atoms with Gasteiger partial charge in [-0.15, -0.1) is 0 Å². The van der Waals surface area contributed by atoms with E-state index in [-0.39, 0.29) is 0 Å². The Morgan fingerprint density at radius 2 is 1.70 bits per heavy atom. The maximum absolute atomic E-state index is 12.6. The third-order valence-electron chi connectivity index (χ3n) is 4.36. The molecule has 0 saturated heterocycles. The van der Waals surface area contributed by atoms with Gasteiger partial charge in [0.15, 0.2) is 0 Å². The second-order valence-corrected chi connectivity index (χ2v) is 6.42. The molecule has 2 N–H and O–H groups in total. The summed E-state index contributed by atoms with van der Waals surface area (Å²) in [6.45, 7) is 7.64. The van der Waals surface area contributed by atoms with Gasteiger partial charge in [0, 0.05) is 5.69 Å². The second kappa shape index (κ2) is 7.49. The first-order chi connectivity index (χ1) is 12.9. The van der Waals surface area contributed by atoms with E-state index in [1.54, 1.807) is 31.5 Å². The molecule has 0 spiro atoms. The van der Waals surface area contributed by atoms with E-state index in [1.807, 2.05) is 37.3 Å². The molecule has 2 amide bonds. The highest BCUT2D eigenvalue weighted by Crippen LogP contribution is 2.15. The minimum atomic E-state index is -0.426. The number of aromatic nitrogens is 2.